The topological polar surface area (TPSA) is 17.1 Å². The molecule has 0 bridgehead atoms. The molecule has 0 saturated carbocycles. The van der Waals surface area contributed by atoms with Crippen molar-refractivity contribution < 1.29 is 9.18 Å². The molecule has 2 aromatic rings. The van der Waals surface area contributed by atoms with Crippen LogP contribution >= 0.6 is 34.7 Å². The maximum atomic E-state index is 13.7. The van der Waals surface area contributed by atoms with Gasteiger partial charge < -0.3 is 0 Å². The van der Waals surface area contributed by atoms with Crippen molar-refractivity contribution in [2.75, 3.05) is 5.75 Å². The van der Waals surface area contributed by atoms with Crippen LogP contribution in [0.4, 0.5) is 4.39 Å². The molecule has 1 aliphatic heterocycles. The Labute approximate surface area is 130 Å². The molecule has 0 unspecified atom stereocenters. The summed E-state index contributed by atoms with van der Waals surface area (Å²) in [6.45, 7) is 0. The Kier molecular flexibility index (Phi) is 4.15. The molecule has 0 N–H and O–H groups in total. The van der Waals surface area contributed by atoms with E-state index in [1.54, 1.807) is 11.3 Å². The van der Waals surface area contributed by atoms with Gasteiger partial charge in [-0.25, -0.2) is 4.39 Å². The highest BCUT2D eigenvalue weighted by Gasteiger charge is 2.18. The predicted octanol–water partition coefficient (Wildman–Crippen LogP) is 4.76. The van der Waals surface area contributed by atoms with Gasteiger partial charge in [0.2, 0.25) is 0 Å². The summed E-state index contributed by atoms with van der Waals surface area (Å²) in [6.07, 6.45) is 1.10. The molecule has 104 valence electrons. The second-order valence-corrected chi connectivity index (χ2v) is 7.38. The van der Waals surface area contributed by atoms with Gasteiger partial charge in [-0.15, -0.1) is 11.3 Å². The van der Waals surface area contributed by atoms with Crippen molar-refractivity contribution in [2.45, 2.75) is 18.6 Å². The maximum Gasteiger partial charge on any atom is 0.177 e. The summed E-state index contributed by atoms with van der Waals surface area (Å²) >= 11 is 9.29. The Morgan fingerprint density at radius 1 is 1.35 bits per heavy atom. The summed E-state index contributed by atoms with van der Waals surface area (Å²) in [4.78, 5) is 14.3. The summed E-state index contributed by atoms with van der Waals surface area (Å²) in [5, 5.41) is 0.455. The van der Waals surface area contributed by atoms with E-state index in [1.807, 2.05) is 17.8 Å². The quantitative estimate of drug-likeness (QED) is 0.757. The number of ketones is 1. The first kappa shape index (κ1) is 14.1. The Balaban J connectivity index is 1.82. The number of carbonyl (C=O) groups excluding carboxylic acids is 1. The van der Waals surface area contributed by atoms with Crippen LogP contribution in [0, 0.1) is 5.82 Å². The van der Waals surface area contributed by atoms with E-state index >= 15 is 0 Å². The minimum Gasteiger partial charge on any atom is -0.293 e. The highest BCUT2D eigenvalue weighted by Crippen LogP contribution is 2.32. The third-order valence-electron chi connectivity index (χ3n) is 3.26. The first-order valence-electron chi connectivity index (χ1n) is 6.30. The number of Topliss-reactive ketones (excluding diaryl/α,β-unsaturated/α-hetero) is 1. The molecule has 0 saturated heterocycles. The van der Waals surface area contributed by atoms with Crippen LogP contribution in [0.5, 0.6) is 0 Å². The van der Waals surface area contributed by atoms with E-state index < -0.39 is 0 Å². The monoisotopic (exact) mass is 326 g/mol. The molecule has 1 aromatic carbocycles. The lowest BCUT2D eigenvalue weighted by molar-refractivity contribution is 0.0995. The lowest BCUT2D eigenvalue weighted by Gasteiger charge is -2.08. The molecule has 3 rings (SSSR count). The van der Waals surface area contributed by atoms with Gasteiger partial charge in [0.1, 0.15) is 5.82 Å². The van der Waals surface area contributed by atoms with Crippen LogP contribution in [0.25, 0.3) is 0 Å². The molecule has 20 heavy (non-hydrogen) atoms. The van der Waals surface area contributed by atoms with Gasteiger partial charge >= 0.3 is 0 Å². The smallest absolute Gasteiger partial charge is 0.177 e. The van der Waals surface area contributed by atoms with Crippen molar-refractivity contribution >= 4 is 40.5 Å². The second kappa shape index (κ2) is 5.88. The standard InChI is InChI=1S/C15H12ClFOS2/c16-11-1-2-12(17)9(5-11)6-13(18)15-7-10-8-19-4-3-14(10)20-15/h1-2,5,7H,3-4,6,8H2. The van der Waals surface area contributed by atoms with Crippen LogP contribution in [0.3, 0.4) is 0 Å². The molecule has 0 aliphatic carbocycles. The number of hydrogen-bond donors (Lipinski definition) is 0. The first-order chi connectivity index (χ1) is 9.63. The molecular weight excluding hydrogens is 315 g/mol. The van der Waals surface area contributed by atoms with Crippen LogP contribution in [-0.4, -0.2) is 11.5 Å². The molecule has 0 spiro atoms. The molecule has 0 fully saturated rings. The lowest BCUT2D eigenvalue weighted by atomic mass is 10.1. The summed E-state index contributed by atoms with van der Waals surface area (Å²) in [7, 11) is 0. The van der Waals surface area contributed by atoms with E-state index in [-0.39, 0.29) is 18.0 Å². The van der Waals surface area contributed by atoms with Crippen molar-refractivity contribution in [3.05, 3.63) is 56.0 Å². The number of thioether (sulfide) groups is 1. The maximum absolute atomic E-state index is 13.7. The van der Waals surface area contributed by atoms with E-state index in [0.29, 0.717) is 10.6 Å². The molecule has 2 heterocycles. The van der Waals surface area contributed by atoms with Crippen LogP contribution in [-0.2, 0) is 18.6 Å². The Morgan fingerprint density at radius 2 is 2.20 bits per heavy atom. The number of carbonyl (C=O) groups is 1. The Bertz CT molecular complexity index is 642. The summed E-state index contributed by atoms with van der Waals surface area (Å²) in [5.74, 6) is 1.68. The van der Waals surface area contributed by atoms with Gasteiger partial charge in [0, 0.05) is 22.1 Å². The Hall–Kier alpha value is -0.840. The second-order valence-electron chi connectivity index (χ2n) is 4.70. The zero-order valence-corrected chi connectivity index (χ0v) is 13.0. The summed E-state index contributed by atoms with van der Waals surface area (Å²) in [6, 6.07) is 6.29. The highest BCUT2D eigenvalue weighted by molar-refractivity contribution is 7.98. The number of rotatable bonds is 3. The van der Waals surface area contributed by atoms with E-state index in [0.717, 1.165) is 22.8 Å². The predicted molar refractivity (Wildman–Crippen MR) is 83.6 cm³/mol. The lowest BCUT2D eigenvalue weighted by Crippen LogP contribution is -2.03. The zero-order valence-electron chi connectivity index (χ0n) is 10.6. The molecule has 1 aromatic heterocycles. The van der Waals surface area contributed by atoms with Crippen molar-refractivity contribution in [1.29, 1.82) is 0 Å². The minimum atomic E-state index is -0.375. The Morgan fingerprint density at radius 3 is 3.00 bits per heavy atom. The highest BCUT2D eigenvalue weighted by atomic mass is 35.5. The first-order valence-corrected chi connectivity index (χ1v) is 8.65. The fraction of sp³-hybridized carbons (Fsp3) is 0.267. The van der Waals surface area contributed by atoms with Gasteiger partial charge in [0.25, 0.3) is 0 Å². The summed E-state index contributed by atoms with van der Waals surface area (Å²) in [5.41, 5.74) is 1.63. The van der Waals surface area contributed by atoms with Gasteiger partial charge in [0.05, 0.1) is 4.88 Å². The molecule has 0 atom stereocenters. The number of fused-ring (bicyclic) bond motifs is 1. The van der Waals surface area contributed by atoms with Gasteiger partial charge in [-0.05, 0) is 47.6 Å². The van der Waals surface area contributed by atoms with Gasteiger partial charge in [-0.3, -0.25) is 4.79 Å². The molecule has 5 heteroatoms. The largest absolute Gasteiger partial charge is 0.293 e. The van der Waals surface area contributed by atoms with Crippen molar-refractivity contribution in [1.82, 2.24) is 0 Å². The van der Waals surface area contributed by atoms with Crippen LogP contribution < -0.4 is 0 Å². The van der Waals surface area contributed by atoms with E-state index in [4.69, 9.17) is 11.6 Å². The average Bonchev–Trinajstić information content (AvgIpc) is 2.87. The number of halogens is 2. The van der Waals surface area contributed by atoms with E-state index in [1.165, 1.54) is 28.6 Å². The fourth-order valence-corrected chi connectivity index (χ4v) is 4.73. The number of aryl methyl sites for hydroxylation is 1. The van der Waals surface area contributed by atoms with Gasteiger partial charge in [-0.1, -0.05) is 11.6 Å². The van der Waals surface area contributed by atoms with Gasteiger partial charge in [-0.2, -0.15) is 11.8 Å². The third-order valence-corrected chi connectivity index (χ3v) is 5.78. The van der Waals surface area contributed by atoms with Crippen molar-refractivity contribution in [3.8, 4) is 0 Å². The minimum absolute atomic E-state index is 0.0319. The van der Waals surface area contributed by atoms with Crippen LogP contribution in [0.15, 0.2) is 24.3 Å². The molecule has 0 amide bonds. The molecular formula is C15H12ClFOS2. The average molecular weight is 327 g/mol. The SMILES string of the molecule is O=C(Cc1cc(Cl)ccc1F)c1cc2c(s1)CCSC2. The normalized spacial score (nSPS) is 14.1. The molecule has 1 nitrogen and oxygen atoms in total. The number of benzene rings is 1. The zero-order chi connectivity index (χ0) is 14.1. The third kappa shape index (κ3) is 2.92. The van der Waals surface area contributed by atoms with Crippen LogP contribution in [0.2, 0.25) is 5.02 Å². The number of hydrogen-bond acceptors (Lipinski definition) is 3. The summed E-state index contributed by atoms with van der Waals surface area (Å²) < 4.78 is 13.7. The molecule has 1 aliphatic rings. The van der Waals surface area contributed by atoms with E-state index in [9.17, 15) is 9.18 Å². The van der Waals surface area contributed by atoms with Crippen LogP contribution in [0.1, 0.15) is 25.7 Å². The van der Waals surface area contributed by atoms with Gasteiger partial charge in [0.15, 0.2) is 5.78 Å². The fourth-order valence-electron chi connectivity index (χ4n) is 2.22. The van der Waals surface area contributed by atoms with Crippen molar-refractivity contribution in [2.24, 2.45) is 0 Å². The van der Waals surface area contributed by atoms with Crippen molar-refractivity contribution in [3.63, 3.8) is 0 Å². The van der Waals surface area contributed by atoms with E-state index in [2.05, 4.69) is 0 Å². The number of thiophene rings is 1. The molecule has 0 radical (unpaired) electrons.